The average molecular weight is 276 g/mol. The minimum Gasteiger partial charge on any atom is -0.377 e. The Bertz CT molecular complexity index is 440. The summed E-state index contributed by atoms with van der Waals surface area (Å²) in [6, 6.07) is 9.21. The van der Waals surface area contributed by atoms with Gasteiger partial charge in [-0.25, -0.2) is 0 Å². The second-order valence-electron chi connectivity index (χ2n) is 5.72. The summed E-state index contributed by atoms with van der Waals surface area (Å²) >= 11 is 0. The molecule has 0 aliphatic carbocycles. The van der Waals surface area contributed by atoms with Crippen LogP contribution < -0.4 is 5.32 Å². The van der Waals surface area contributed by atoms with Gasteiger partial charge in [-0.1, -0.05) is 24.3 Å². The molecule has 0 amide bonds. The Labute approximate surface area is 121 Å². The summed E-state index contributed by atoms with van der Waals surface area (Å²) < 4.78 is 11.0. The molecule has 2 aliphatic heterocycles. The minimum atomic E-state index is 0.193. The van der Waals surface area contributed by atoms with Crippen molar-refractivity contribution in [2.45, 2.75) is 24.7 Å². The van der Waals surface area contributed by atoms with E-state index in [1.165, 1.54) is 11.1 Å². The molecular weight excluding hydrogens is 252 g/mol. The van der Waals surface area contributed by atoms with Crippen LogP contribution in [-0.4, -0.2) is 57.5 Å². The van der Waals surface area contributed by atoms with Crippen LogP contribution in [0, 0.1) is 0 Å². The van der Waals surface area contributed by atoms with Gasteiger partial charge < -0.3 is 14.8 Å². The normalized spacial score (nSPS) is 30.4. The van der Waals surface area contributed by atoms with E-state index in [1.54, 1.807) is 14.2 Å². The number of likely N-dealkylation sites (tertiary alicyclic amines) is 1. The lowest BCUT2D eigenvalue weighted by Crippen LogP contribution is -2.38. The topological polar surface area (TPSA) is 33.7 Å². The van der Waals surface area contributed by atoms with E-state index >= 15 is 0 Å². The summed E-state index contributed by atoms with van der Waals surface area (Å²) in [5.74, 6) is 0. The molecule has 0 saturated carbocycles. The van der Waals surface area contributed by atoms with Gasteiger partial charge in [0.15, 0.2) is 0 Å². The maximum atomic E-state index is 5.52. The molecule has 3 atom stereocenters. The third kappa shape index (κ3) is 2.74. The van der Waals surface area contributed by atoms with E-state index in [0.29, 0.717) is 6.04 Å². The van der Waals surface area contributed by atoms with Crippen molar-refractivity contribution in [3.8, 4) is 0 Å². The molecule has 0 radical (unpaired) electrons. The van der Waals surface area contributed by atoms with Crippen LogP contribution in [0.2, 0.25) is 0 Å². The second-order valence-corrected chi connectivity index (χ2v) is 5.72. The summed E-state index contributed by atoms with van der Waals surface area (Å²) in [5, 5.41) is 3.64. The molecule has 1 N–H and O–H groups in total. The third-order valence-corrected chi connectivity index (χ3v) is 4.55. The zero-order valence-corrected chi connectivity index (χ0v) is 12.3. The van der Waals surface area contributed by atoms with E-state index < -0.39 is 0 Å². The molecule has 0 bridgehead atoms. The van der Waals surface area contributed by atoms with Crippen LogP contribution in [0.3, 0.4) is 0 Å². The Kier molecular flexibility index (Phi) is 4.36. The number of benzene rings is 1. The van der Waals surface area contributed by atoms with E-state index in [9.17, 15) is 0 Å². The standard InChI is InChI=1S/C16H24N2O2/c1-19-15-10-18(11-16(15)20-2)9-14-13-6-4-3-5-12(13)7-8-17-14/h3-6,14-17H,7-11H2,1-2H3. The van der Waals surface area contributed by atoms with Gasteiger partial charge in [0.2, 0.25) is 0 Å². The van der Waals surface area contributed by atoms with Crippen molar-refractivity contribution in [3.05, 3.63) is 35.4 Å². The van der Waals surface area contributed by atoms with E-state index in [4.69, 9.17) is 9.47 Å². The molecule has 2 heterocycles. The highest BCUT2D eigenvalue weighted by molar-refractivity contribution is 5.32. The number of fused-ring (bicyclic) bond motifs is 1. The monoisotopic (exact) mass is 276 g/mol. The molecule has 2 aliphatic rings. The van der Waals surface area contributed by atoms with Gasteiger partial charge in [0.1, 0.15) is 0 Å². The van der Waals surface area contributed by atoms with Crippen LogP contribution in [-0.2, 0) is 15.9 Å². The number of hydrogen-bond acceptors (Lipinski definition) is 4. The van der Waals surface area contributed by atoms with Crippen molar-refractivity contribution in [3.63, 3.8) is 0 Å². The van der Waals surface area contributed by atoms with E-state index in [0.717, 1.165) is 32.6 Å². The van der Waals surface area contributed by atoms with Gasteiger partial charge in [0.25, 0.3) is 0 Å². The van der Waals surface area contributed by atoms with E-state index in [2.05, 4.69) is 34.5 Å². The maximum Gasteiger partial charge on any atom is 0.0971 e. The Morgan fingerprint density at radius 3 is 2.55 bits per heavy atom. The highest BCUT2D eigenvalue weighted by Crippen LogP contribution is 2.25. The average Bonchev–Trinajstić information content (AvgIpc) is 2.90. The zero-order valence-electron chi connectivity index (χ0n) is 12.3. The smallest absolute Gasteiger partial charge is 0.0971 e. The van der Waals surface area contributed by atoms with Crippen LogP contribution in [0.1, 0.15) is 17.2 Å². The van der Waals surface area contributed by atoms with Gasteiger partial charge >= 0.3 is 0 Å². The number of ether oxygens (including phenoxy) is 2. The molecule has 0 aromatic heterocycles. The van der Waals surface area contributed by atoms with Gasteiger partial charge in [-0.2, -0.15) is 0 Å². The fraction of sp³-hybridized carbons (Fsp3) is 0.625. The van der Waals surface area contributed by atoms with Crippen molar-refractivity contribution in [1.29, 1.82) is 0 Å². The Hall–Kier alpha value is -0.940. The lowest BCUT2D eigenvalue weighted by atomic mass is 9.94. The zero-order chi connectivity index (χ0) is 13.9. The van der Waals surface area contributed by atoms with Crippen LogP contribution in [0.25, 0.3) is 0 Å². The minimum absolute atomic E-state index is 0.193. The largest absolute Gasteiger partial charge is 0.377 e. The second kappa shape index (κ2) is 6.22. The first-order valence-electron chi connectivity index (χ1n) is 7.41. The summed E-state index contributed by atoms with van der Waals surface area (Å²) in [7, 11) is 3.54. The predicted molar refractivity (Wildman–Crippen MR) is 78.9 cm³/mol. The van der Waals surface area contributed by atoms with Crippen LogP contribution in [0.5, 0.6) is 0 Å². The molecule has 0 spiro atoms. The number of nitrogens with zero attached hydrogens (tertiary/aromatic N) is 1. The summed E-state index contributed by atoms with van der Waals surface area (Å²) in [6.07, 6.45) is 1.52. The highest BCUT2D eigenvalue weighted by Gasteiger charge is 2.34. The molecule has 20 heavy (non-hydrogen) atoms. The molecule has 3 rings (SSSR count). The van der Waals surface area contributed by atoms with Crippen LogP contribution in [0.15, 0.2) is 24.3 Å². The molecule has 1 saturated heterocycles. The fourth-order valence-electron chi connectivity index (χ4n) is 3.43. The first-order chi connectivity index (χ1) is 9.81. The van der Waals surface area contributed by atoms with Gasteiger partial charge in [-0.3, -0.25) is 4.90 Å². The molecule has 1 fully saturated rings. The lowest BCUT2D eigenvalue weighted by Gasteiger charge is -2.30. The lowest BCUT2D eigenvalue weighted by molar-refractivity contribution is -0.00461. The van der Waals surface area contributed by atoms with Gasteiger partial charge in [0.05, 0.1) is 12.2 Å². The first-order valence-corrected chi connectivity index (χ1v) is 7.41. The van der Waals surface area contributed by atoms with Crippen molar-refractivity contribution in [2.75, 3.05) is 40.4 Å². The number of nitrogens with one attached hydrogen (secondary N) is 1. The Balaban J connectivity index is 1.68. The van der Waals surface area contributed by atoms with Crippen LogP contribution >= 0.6 is 0 Å². The van der Waals surface area contributed by atoms with Crippen molar-refractivity contribution in [1.82, 2.24) is 10.2 Å². The molecule has 1 aromatic rings. The van der Waals surface area contributed by atoms with Gasteiger partial charge in [-0.05, 0) is 24.1 Å². The van der Waals surface area contributed by atoms with Crippen molar-refractivity contribution < 1.29 is 9.47 Å². The summed E-state index contributed by atoms with van der Waals surface area (Å²) in [6.45, 7) is 4.00. The number of hydrogen-bond donors (Lipinski definition) is 1. The molecule has 110 valence electrons. The SMILES string of the molecule is COC1CN(CC2NCCc3ccccc32)CC1OC. The summed E-state index contributed by atoms with van der Waals surface area (Å²) in [5.41, 5.74) is 2.94. The van der Waals surface area contributed by atoms with Gasteiger partial charge in [-0.15, -0.1) is 0 Å². The van der Waals surface area contributed by atoms with E-state index in [-0.39, 0.29) is 12.2 Å². The highest BCUT2D eigenvalue weighted by atomic mass is 16.5. The fourth-order valence-corrected chi connectivity index (χ4v) is 3.43. The van der Waals surface area contributed by atoms with E-state index in [1.807, 2.05) is 0 Å². The Morgan fingerprint density at radius 1 is 1.15 bits per heavy atom. The number of methoxy groups -OCH3 is 2. The molecule has 3 unspecified atom stereocenters. The summed E-state index contributed by atoms with van der Waals surface area (Å²) in [4.78, 5) is 2.45. The predicted octanol–water partition coefficient (Wildman–Crippen LogP) is 1.22. The number of rotatable bonds is 4. The molecule has 4 nitrogen and oxygen atoms in total. The first kappa shape index (κ1) is 14.0. The quantitative estimate of drug-likeness (QED) is 0.896. The molecule has 1 aromatic carbocycles. The van der Waals surface area contributed by atoms with Crippen molar-refractivity contribution >= 4 is 0 Å². The van der Waals surface area contributed by atoms with Crippen LogP contribution in [0.4, 0.5) is 0 Å². The molecular formula is C16H24N2O2. The molecule has 4 heteroatoms. The third-order valence-electron chi connectivity index (χ3n) is 4.55. The maximum absolute atomic E-state index is 5.52. The van der Waals surface area contributed by atoms with Gasteiger partial charge in [0, 0.05) is 39.9 Å². The van der Waals surface area contributed by atoms with Crippen molar-refractivity contribution in [2.24, 2.45) is 0 Å². The Morgan fingerprint density at radius 2 is 1.85 bits per heavy atom.